The van der Waals surface area contributed by atoms with Gasteiger partial charge in [0, 0.05) is 51.0 Å². The fourth-order valence-corrected chi connectivity index (χ4v) is 5.13. The first-order chi connectivity index (χ1) is 12.6. The van der Waals surface area contributed by atoms with E-state index in [1.165, 1.54) is 10.6 Å². The van der Waals surface area contributed by atoms with Crippen LogP contribution >= 0.6 is 0 Å². The van der Waals surface area contributed by atoms with Crippen LogP contribution in [0.15, 0.2) is 18.6 Å². The van der Waals surface area contributed by atoms with Crippen molar-refractivity contribution in [3.05, 3.63) is 24.3 Å². The number of rotatable bonds is 8. The third-order valence-corrected chi connectivity index (χ3v) is 7.70. The van der Waals surface area contributed by atoms with Crippen LogP contribution in [0.2, 0.25) is 25.7 Å². The van der Waals surface area contributed by atoms with Crippen molar-refractivity contribution in [3.63, 3.8) is 0 Å². The van der Waals surface area contributed by atoms with Crippen LogP contribution in [0.5, 0.6) is 0 Å². The highest BCUT2D eigenvalue weighted by Crippen LogP contribution is 2.26. The molecule has 1 atom stereocenters. The van der Waals surface area contributed by atoms with Gasteiger partial charge in [-0.05, 0) is 25.0 Å². The fourth-order valence-electron chi connectivity index (χ4n) is 3.46. The van der Waals surface area contributed by atoms with Crippen LogP contribution in [0.3, 0.4) is 0 Å². The van der Waals surface area contributed by atoms with Gasteiger partial charge in [0.25, 0.3) is 0 Å². The molecule has 0 saturated carbocycles. The Morgan fingerprint density at radius 2 is 2.15 bits per heavy atom. The minimum absolute atomic E-state index is 0.252. The summed E-state index contributed by atoms with van der Waals surface area (Å²) < 4.78 is 41.8. The molecule has 2 aromatic heterocycles. The van der Waals surface area contributed by atoms with Gasteiger partial charge in [0.05, 0.1) is 0 Å². The predicted octanol–water partition coefficient (Wildman–Crippen LogP) is 2.55. The Morgan fingerprint density at radius 1 is 1.37 bits per heavy atom. The predicted molar refractivity (Wildman–Crippen MR) is 107 cm³/mol. The smallest absolute Gasteiger partial charge is 0.336 e. The number of fused-ring (bicyclic) bond motifs is 1. The largest absolute Gasteiger partial charge is 0.361 e. The van der Waals surface area contributed by atoms with Gasteiger partial charge in [-0.15, -0.1) is 0 Å². The Morgan fingerprint density at radius 3 is 2.85 bits per heavy atom. The molecule has 0 aromatic carbocycles. The molecule has 1 aliphatic heterocycles. The summed E-state index contributed by atoms with van der Waals surface area (Å²) in [5.41, 5.74) is 1.73. The zero-order valence-corrected chi connectivity index (χ0v) is 17.9. The summed E-state index contributed by atoms with van der Waals surface area (Å²) in [6.45, 7) is 8.36. The van der Waals surface area contributed by atoms with Crippen LogP contribution in [0.1, 0.15) is 18.5 Å². The standard InChI is InChI=1S/C17H28N4O4SSi/c1-27(2,3)8-7-25-13-20-16(9-14-11-18-12-19-17(14)20)10-15-5-4-6-21(15)26(22,23)24/h9,11-12,15H,4-8,10,13H2,1-3H3,(H,22,23,24)/t15-/m1/s1. The van der Waals surface area contributed by atoms with Crippen molar-refractivity contribution in [1.82, 2.24) is 18.8 Å². The van der Waals surface area contributed by atoms with E-state index in [1.54, 1.807) is 6.20 Å². The van der Waals surface area contributed by atoms with Crippen LogP contribution < -0.4 is 0 Å². The molecule has 3 rings (SSSR count). The van der Waals surface area contributed by atoms with Crippen LogP contribution in [-0.2, 0) is 28.2 Å². The SMILES string of the molecule is C[Si](C)(C)CCOCn1c(C[C@H]2CCCN2S(=O)(=O)O)cc2cncnc21. The Balaban J connectivity index is 1.80. The zero-order chi connectivity index (χ0) is 19.7. The molecule has 1 fully saturated rings. The van der Waals surface area contributed by atoms with Crippen molar-refractivity contribution in [2.24, 2.45) is 0 Å². The van der Waals surface area contributed by atoms with Gasteiger partial charge in [-0.2, -0.15) is 12.7 Å². The lowest BCUT2D eigenvalue weighted by Crippen LogP contribution is -2.36. The van der Waals surface area contributed by atoms with Crippen molar-refractivity contribution in [2.45, 2.75) is 57.7 Å². The van der Waals surface area contributed by atoms with E-state index >= 15 is 0 Å². The lowest BCUT2D eigenvalue weighted by atomic mass is 10.1. The minimum Gasteiger partial charge on any atom is -0.361 e. The van der Waals surface area contributed by atoms with Gasteiger partial charge in [-0.25, -0.2) is 9.97 Å². The Hall–Kier alpha value is -1.33. The molecule has 0 unspecified atom stereocenters. The summed E-state index contributed by atoms with van der Waals surface area (Å²) in [4.78, 5) is 8.45. The first kappa shape index (κ1) is 20.4. The van der Waals surface area contributed by atoms with E-state index in [-0.39, 0.29) is 6.04 Å². The summed E-state index contributed by atoms with van der Waals surface area (Å²) >= 11 is 0. The molecule has 3 heterocycles. The van der Waals surface area contributed by atoms with E-state index in [4.69, 9.17) is 4.74 Å². The van der Waals surface area contributed by atoms with E-state index in [2.05, 4.69) is 29.6 Å². The van der Waals surface area contributed by atoms with Crippen LogP contribution in [-0.4, -0.2) is 59.1 Å². The lowest BCUT2D eigenvalue weighted by molar-refractivity contribution is 0.0876. The van der Waals surface area contributed by atoms with Gasteiger partial charge in [0.15, 0.2) is 0 Å². The summed E-state index contributed by atoms with van der Waals surface area (Å²) in [5.74, 6) is 0. The third kappa shape index (κ3) is 5.14. The van der Waals surface area contributed by atoms with E-state index in [1.807, 2.05) is 10.6 Å². The van der Waals surface area contributed by atoms with E-state index < -0.39 is 18.4 Å². The molecule has 0 radical (unpaired) electrons. The topological polar surface area (TPSA) is 97.5 Å². The van der Waals surface area contributed by atoms with Crippen molar-refractivity contribution in [3.8, 4) is 0 Å². The Kier molecular flexibility index (Phi) is 6.01. The summed E-state index contributed by atoms with van der Waals surface area (Å²) in [7, 11) is -5.35. The molecule has 1 aliphatic rings. The maximum Gasteiger partial charge on any atom is 0.336 e. The van der Waals surface area contributed by atoms with Crippen molar-refractivity contribution < 1.29 is 17.7 Å². The number of hydrogen-bond donors (Lipinski definition) is 1. The molecule has 150 valence electrons. The highest BCUT2D eigenvalue weighted by Gasteiger charge is 2.33. The van der Waals surface area contributed by atoms with Crippen molar-refractivity contribution in [1.29, 1.82) is 0 Å². The molecule has 1 saturated heterocycles. The van der Waals surface area contributed by atoms with E-state index in [0.717, 1.165) is 35.6 Å². The summed E-state index contributed by atoms with van der Waals surface area (Å²) in [5, 5.41) is 0.901. The summed E-state index contributed by atoms with van der Waals surface area (Å²) in [6, 6.07) is 2.81. The van der Waals surface area contributed by atoms with Gasteiger partial charge < -0.3 is 9.30 Å². The van der Waals surface area contributed by atoms with E-state index in [9.17, 15) is 13.0 Å². The normalized spacial score (nSPS) is 19.2. The monoisotopic (exact) mass is 412 g/mol. The first-order valence-electron chi connectivity index (χ1n) is 9.25. The van der Waals surface area contributed by atoms with Crippen LogP contribution in [0, 0.1) is 0 Å². The molecule has 0 aliphatic carbocycles. The molecule has 0 bridgehead atoms. The highest BCUT2D eigenvalue weighted by atomic mass is 32.2. The molecule has 10 heteroatoms. The van der Waals surface area contributed by atoms with Gasteiger partial charge >= 0.3 is 10.3 Å². The van der Waals surface area contributed by atoms with Crippen molar-refractivity contribution >= 4 is 29.4 Å². The average molecular weight is 413 g/mol. The van der Waals surface area contributed by atoms with Gasteiger partial charge in [-0.3, -0.25) is 4.55 Å². The second-order valence-electron chi connectivity index (χ2n) is 8.30. The van der Waals surface area contributed by atoms with E-state index in [0.29, 0.717) is 26.3 Å². The molecule has 1 N–H and O–H groups in total. The summed E-state index contributed by atoms with van der Waals surface area (Å²) in [6.07, 6.45) is 5.23. The molecular formula is C17H28N4O4SSi. The van der Waals surface area contributed by atoms with Gasteiger partial charge in [0.1, 0.15) is 18.7 Å². The molecule has 27 heavy (non-hydrogen) atoms. The zero-order valence-electron chi connectivity index (χ0n) is 16.1. The van der Waals surface area contributed by atoms with Gasteiger partial charge in [0.2, 0.25) is 0 Å². The number of aromatic nitrogens is 3. The maximum absolute atomic E-state index is 11.6. The first-order valence-corrected chi connectivity index (χ1v) is 14.4. The van der Waals surface area contributed by atoms with Gasteiger partial charge in [-0.1, -0.05) is 19.6 Å². The Labute approximate surface area is 161 Å². The molecular weight excluding hydrogens is 384 g/mol. The highest BCUT2D eigenvalue weighted by molar-refractivity contribution is 7.83. The average Bonchev–Trinajstić information content (AvgIpc) is 3.15. The maximum atomic E-state index is 11.6. The second kappa shape index (κ2) is 7.96. The van der Waals surface area contributed by atoms with Crippen molar-refractivity contribution in [2.75, 3.05) is 13.2 Å². The minimum atomic E-state index is -4.18. The number of ether oxygens (including phenoxy) is 1. The molecule has 0 spiro atoms. The third-order valence-electron chi connectivity index (χ3n) is 4.92. The molecule has 0 amide bonds. The second-order valence-corrected chi connectivity index (χ2v) is 15.3. The molecule has 8 nitrogen and oxygen atoms in total. The molecule has 2 aromatic rings. The lowest BCUT2D eigenvalue weighted by Gasteiger charge is -2.22. The number of nitrogens with zero attached hydrogens (tertiary/aromatic N) is 4. The number of hydrogen-bond acceptors (Lipinski definition) is 5. The van der Waals surface area contributed by atoms with Crippen LogP contribution in [0.4, 0.5) is 0 Å². The fraction of sp³-hybridized carbons (Fsp3) is 0.647. The quantitative estimate of drug-likeness (QED) is 0.406. The Bertz CT molecular complexity index is 894. The van der Waals surface area contributed by atoms with Crippen LogP contribution in [0.25, 0.3) is 11.0 Å².